The molecule has 19 heavy (non-hydrogen) atoms. The van der Waals surface area contributed by atoms with Gasteiger partial charge in [-0.1, -0.05) is 6.07 Å². The molecule has 2 amide bonds. The van der Waals surface area contributed by atoms with Crippen LogP contribution >= 0.6 is 0 Å². The maximum atomic E-state index is 12.0. The van der Waals surface area contributed by atoms with Crippen molar-refractivity contribution in [2.75, 3.05) is 0 Å². The Kier molecular flexibility index (Phi) is 3.94. The summed E-state index contributed by atoms with van der Waals surface area (Å²) in [6, 6.07) is 5.32. The standard InChI is InChI=1S/C12H12F2N2O3/c13-12(14)19-9-3-1-2-8(6-9)11(18)16-15-10(17)7-4-5-7/h1-3,6-7,12H,4-5H2,(H,15,17)(H,16,18). The number of amides is 2. The number of carbonyl (C=O) groups excluding carboxylic acids is 2. The van der Waals surface area contributed by atoms with E-state index < -0.39 is 12.5 Å². The third kappa shape index (κ3) is 3.90. The maximum Gasteiger partial charge on any atom is 0.387 e. The average Bonchev–Trinajstić information content (AvgIpc) is 3.19. The summed E-state index contributed by atoms with van der Waals surface area (Å²) in [4.78, 5) is 23.0. The molecule has 1 aromatic carbocycles. The highest BCUT2D eigenvalue weighted by atomic mass is 19.3. The van der Waals surface area contributed by atoms with E-state index in [2.05, 4.69) is 15.6 Å². The van der Waals surface area contributed by atoms with Gasteiger partial charge in [0.05, 0.1) is 0 Å². The summed E-state index contributed by atoms with van der Waals surface area (Å²) in [5, 5.41) is 0. The lowest BCUT2D eigenvalue weighted by atomic mass is 10.2. The first-order chi connectivity index (χ1) is 9.06. The number of hydrogen-bond acceptors (Lipinski definition) is 3. The number of halogens is 2. The Bertz CT molecular complexity index is 490. The van der Waals surface area contributed by atoms with Crippen LogP contribution in [0.15, 0.2) is 24.3 Å². The molecule has 0 saturated heterocycles. The zero-order valence-electron chi connectivity index (χ0n) is 9.86. The van der Waals surface area contributed by atoms with E-state index in [1.54, 1.807) is 0 Å². The van der Waals surface area contributed by atoms with Gasteiger partial charge in [0.1, 0.15) is 5.75 Å². The molecule has 1 aliphatic rings. The highest BCUT2D eigenvalue weighted by Crippen LogP contribution is 2.28. The Labute approximate surface area is 107 Å². The lowest BCUT2D eigenvalue weighted by Crippen LogP contribution is -2.42. The van der Waals surface area contributed by atoms with Crippen LogP contribution < -0.4 is 15.6 Å². The van der Waals surface area contributed by atoms with E-state index in [9.17, 15) is 18.4 Å². The molecule has 0 bridgehead atoms. The van der Waals surface area contributed by atoms with Crippen LogP contribution in [0.25, 0.3) is 0 Å². The molecule has 0 unspecified atom stereocenters. The van der Waals surface area contributed by atoms with Gasteiger partial charge in [-0.05, 0) is 31.0 Å². The highest BCUT2D eigenvalue weighted by Gasteiger charge is 2.29. The third-order valence-corrected chi connectivity index (χ3v) is 2.57. The Hall–Kier alpha value is -2.18. The quantitative estimate of drug-likeness (QED) is 0.814. The van der Waals surface area contributed by atoms with Crippen molar-refractivity contribution in [1.82, 2.24) is 10.9 Å². The second-order valence-corrected chi connectivity index (χ2v) is 4.12. The van der Waals surface area contributed by atoms with Crippen molar-refractivity contribution < 1.29 is 23.1 Å². The largest absolute Gasteiger partial charge is 0.435 e. The van der Waals surface area contributed by atoms with Gasteiger partial charge in [-0.3, -0.25) is 20.4 Å². The van der Waals surface area contributed by atoms with Gasteiger partial charge in [0.25, 0.3) is 5.91 Å². The first-order valence-corrected chi connectivity index (χ1v) is 5.71. The first kappa shape index (κ1) is 13.3. The molecule has 102 valence electrons. The van der Waals surface area contributed by atoms with Crippen LogP contribution in [0, 0.1) is 5.92 Å². The summed E-state index contributed by atoms with van der Waals surface area (Å²) < 4.78 is 28.2. The molecule has 0 spiro atoms. The highest BCUT2D eigenvalue weighted by molar-refractivity contribution is 5.96. The van der Waals surface area contributed by atoms with Crippen LogP contribution in [0.4, 0.5) is 8.78 Å². The van der Waals surface area contributed by atoms with Gasteiger partial charge in [0, 0.05) is 11.5 Å². The molecule has 0 aliphatic heterocycles. The molecule has 1 fully saturated rings. The van der Waals surface area contributed by atoms with E-state index in [-0.39, 0.29) is 23.1 Å². The van der Waals surface area contributed by atoms with Gasteiger partial charge in [-0.2, -0.15) is 8.78 Å². The summed E-state index contributed by atoms with van der Waals surface area (Å²) in [5.41, 5.74) is 4.61. The summed E-state index contributed by atoms with van der Waals surface area (Å²) in [6.07, 6.45) is 1.64. The van der Waals surface area contributed by atoms with Gasteiger partial charge in [0.2, 0.25) is 5.91 Å². The predicted molar refractivity (Wildman–Crippen MR) is 61.4 cm³/mol. The normalized spacial score (nSPS) is 14.1. The fourth-order valence-electron chi connectivity index (χ4n) is 1.45. The monoisotopic (exact) mass is 270 g/mol. The smallest absolute Gasteiger partial charge is 0.387 e. The van der Waals surface area contributed by atoms with Gasteiger partial charge >= 0.3 is 6.61 Å². The van der Waals surface area contributed by atoms with Gasteiger partial charge in [0.15, 0.2) is 0 Å². The lowest BCUT2D eigenvalue weighted by Gasteiger charge is -2.08. The first-order valence-electron chi connectivity index (χ1n) is 5.71. The van der Waals surface area contributed by atoms with E-state index >= 15 is 0 Å². The van der Waals surface area contributed by atoms with Crippen molar-refractivity contribution in [3.8, 4) is 5.75 Å². The number of alkyl halides is 2. The Morgan fingerprint density at radius 2 is 2.00 bits per heavy atom. The predicted octanol–water partition coefficient (Wildman–Crippen LogP) is 1.46. The topological polar surface area (TPSA) is 67.4 Å². The molecular weight excluding hydrogens is 258 g/mol. The van der Waals surface area contributed by atoms with E-state index in [1.807, 2.05) is 0 Å². The Morgan fingerprint density at radius 1 is 1.26 bits per heavy atom. The van der Waals surface area contributed by atoms with Crippen molar-refractivity contribution in [3.05, 3.63) is 29.8 Å². The van der Waals surface area contributed by atoms with Gasteiger partial charge in [-0.25, -0.2) is 0 Å². The minimum atomic E-state index is -2.95. The SMILES string of the molecule is O=C(NNC(=O)C1CC1)c1cccc(OC(F)F)c1. The molecule has 0 atom stereocenters. The minimum Gasteiger partial charge on any atom is -0.435 e. The van der Waals surface area contributed by atoms with Crippen LogP contribution in [-0.4, -0.2) is 18.4 Å². The molecular formula is C12H12F2N2O3. The number of ether oxygens (including phenoxy) is 1. The molecule has 1 aromatic rings. The lowest BCUT2D eigenvalue weighted by molar-refractivity contribution is -0.123. The van der Waals surface area contributed by atoms with Crippen molar-refractivity contribution >= 4 is 11.8 Å². The average molecular weight is 270 g/mol. The van der Waals surface area contributed by atoms with Crippen molar-refractivity contribution in [3.63, 3.8) is 0 Å². The van der Waals surface area contributed by atoms with Gasteiger partial charge in [-0.15, -0.1) is 0 Å². The van der Waals surface area contributed by atoms with Gasteiger partial charge < -0.3 is 4.74 Å². The molecule has 7 heteroatoms. The van der Waals surface area contributed by atoms with Crippen molar-refractivity contribution in [1.29, 1.82) is 0 Å². The van der Waals surface area contributed by atoms with Crippen molar-refractivity contribution in [2.24, 2.45) is 5.92 Å². The van der Waals surface area contributed by atoms with Crippen LogP contribution in [-0.2, 0) is 4.79 Å². The van der Waals surface area contributed by atoms with Crippen LogP contribution in [0.1, 0.15) is 23.2 Å². The summed E-state index contributed by atoms with van der Waals surface area (Å²) in [6.45, 7) is -2.95. The van der Waals surface area contributed by atoms with Crippen LogP contribution in [0.2, 0.25) is 0 Å². The van der Waals surface area contributed by atoms with E-state index in [4.69, 9.17) is 0 Å². The third-order valence-electron chi connectivity index (χ3n) is 2.57. The Morgan fingerprint density at radius 3 is 2.63 bits per heavy atom. The second-order valence-electron chi connectivity index (χ2n) is 4.12. The summed E-state index contributed by atoms with van der Waals surface area (Å²) in [5.74, 6) is -0.980. The fraction of sp³-hybridized carbons (Fsp3) is 0.333. The number of nitrogens with one attached hydrogen (secondary N) is 2. The summed E-state index contributed by atoms with van der Waals surface area (Å²) >= 11 is 0. The molecule has 5 nitrogen and oxygen atoms in total. The number of hydrogen-bond donors (Lipinski definition) is 2. The zero-order chi connectivity index (χ0) is 13.8. The van der Waals surface area contributed by atoms with Crippen LogP contribution in [0.5, 0.6) is 5.75 Å². The van der Waals surface area contributed by atoms with Crippen LogP contribution in [0.3, 0.4) is 0 Å². The zero-order valence-corrected chi connectivity index (χ0v) is 9.86. The van der Waals surface area contributed by atoms with E-state index in [0.29, 0.717) is 0 Å². The van der Waals surface area contributed by atoms with E-state index in [1.165, 1.54) is 24.3 Å². The maximum absolute atomic E-state index is 12.0. The number of rotatable bonds is 4. The second kappa shape index (κ2) is 5.64. The molecule has 2 N–H and O–H groups in total. The number of benzene rings is 1. The molecule has 0 aromatic heterocycles. The molecule has 0 radical (unpaired) electrons. The molecule has 1 aliphatic carbocycles. The number of hydrazine groups is 1. The minimum absolute atomic E-state index is 0.0335. The Balaban J connectivity index is 1.92. The van der Waals surface area contributed by atoms with Crippen molar-refractivity contribution in [2.45, 2.75) is 19.5 Å². The van der Waals surface area contributed by atoms with E-state index in [0.717, 1.165) is 12.8 Å². The fourth-order valence-corrected chi connectivity index (χ4v) is 1.45. The molecule has 1 saturated carbocycles. The molecule has 0 heterocycles. The molecule has 2 rings (SSSR count). The summed E-state index contributed by atoms with van der Waals surface area (Å²) in [7, 11) is 0. The number of carbonyl (C=O) groups is 2.